The zero-order valence-corrected chi connectivity index (χ0v) is 29.1. The summed E-state index contributed by atoms with van der Waals surface area (Å²) in [5, 5.41) is 10.9. The van der Waals surface area contributed by atoms with Crippen LogP contribution >= 0.6 is 0 Å². The second-order valence-corrected chi connectivity index (χ2v) is 12.9. The Morgan fingerprint density at radius 1 is 0.854 bits per heavy atom. The Morgan fingerprint density at radius 2 is 1.56 bits per heavy atom. The minimum absolute atomic E-state index is 0.00829. The molecule has 0 spiro atoms. The van der Waals surface area contributed by atoms with Crippen molar-refractivity contribution in [3.8, 4) is 17.2 Å². The van der Waals surface area contributed by atoms with E-state index in [-0.39, 0.29) is 29.9 Å². The zero-order chi connectivity index (χ0) is 34.5. The summed E-state index contributed by atoms with van der Waals surface area (Å²) in [5.41, 5.74) is 4.78. The Labute approximate surface area is 283 Å². The molecule has 0 bridgehead atoms. The summed E-state index contributed by atoms with van der Waals surface area (Å²) in [7, 11) is 4.88. The van der Waals surface area contributed by atoms with Crippen LogP contribution in [0, 0.1) is 0 Å². The molecule has 1 N–H and O–H groups in total. The van der Waals surface area contributed by atoms with Gasteiger partial charge in [-0.3, -0.25) is 14.6 Å². The monoisotopic (exact) mass is 660 g/mol. The molecule has 0 saturated carbocycles. The summed E-state index contributed by atoms with van der Waals surface area (Å²) in [4.78, 5) is 35.7. The number of nitrogens with zero attached hydrogens (tertiary/aromatic N) is 4. The number of benzene rings is 2. The fraction of sp³-hybridized carbons (Fsp3) is 0.486. The molecule has 0 aromatic heterocycles. The molecule has 4 aliphatic rings. The number of aliphatic hydroxyl groups is 1. The van der Waals surface area contributed by atoms with Gasteiger partial charge >= 0.3 is 0 Å². The van der Waals surface area contributed by atoms with Crippen LogP contribution in [0.4, 0.5) is 11.4 Å². The molecule has 0 saturated heterocycles. The van der Waals surface area contributed by atoms with Crippen molar-refractivity contribution in [3.63, 3.8) is 0 Å². The third-order valence-electron chi connectivity index (χ3n) is 9.01. The molecule has 11 nitrogen and oxygen atoms in total. The number of fused-ring (bicyclic) bond motifs is 4. The molecule has 6 rings (SSSR count). The molecule has 2 aromatic carbocycles. The first kappa shape index (κ1) is 35.0. The van der Waals surface area contributed by atoms with Crippen LogP contribution in [-0.4, -0.2) is 91.8 Å². The molecule has 3 atom stereocenters. The number of carbonyl (C=O) groups is 2. The maximum Gasteiger partial charge on any atom is 0.260 e. The van der Waals surface area contributed by atoms with E-state index in [1.807, 2.05) is 63.3 Å². The largest absolute Gasteiger partial charge is 0.497 e. The highest BCUT2D eigenvalue weighted by atomic mass is 16.5. The average Bonchev–Trinajstić information content (AvgIpc) is 3.61. The van der Waals surface area contributed by atoms with Gasteiger partial charge in [-0.15, -0.1) is 0 Å². The van der Waals surface area contributed by atoms with E-state index in [2.05, 4.69) is 4.99 Å². The van der Waals surface area contributed by atoms with E-state index in [0.717, 1.165) is 43.6 Å². The molecule has 2 amide bonds. The number of ether oxygens (including phenoxy) is 4. The Bertz CT molecular complexity index is 1600. The lowest BCUT2D eigenvalue weighted by atomic mass is 10.1. The van der Waals surface area contributed by atoms with E-state index >= 15 is 0 Å². The fourth-order valence-electron chi connectivity index (χ4n) is 6.62. The summed E-state index contributed by atoms with van der Waals surface area (Å²) in [6.45, 7) is 9.42. The Hall–Kier alpha value is -4.35. The van der Waals surface area contributed by atoms with Crippen LogP contribution in [0.15, 0.2) is 58.9 Å². The molecule has 48 heavy (non-hydrogen) atoms. The van der Waals surface area contributed by atoms with Gasteiger partial charge in [-0.05, 0) is 84.1 Å². The molecule has 0 fully saturated rings. The predicted molar refractivity (Wildman–Crippen MR) is 186 cm³/mol. The third-order valence-corrected chi connectivity index (χ3v) is 9.01. The molecule has 258 valence electrons. The van der Waals surface area contributed by atoms with Crippen molar-refractivity contribution in [3.05, 3.63) is 65.0 Å². The van der Waals surface area contributed by atoms with Gasteiger partial charge in [-0.1, -0.05) is 11.1 Å². The van der Waals surface area contributed by atoms with Crippen LogP contribution in [0.3, 0.4) is 0 Å². The molecule has 4 aliphatic heterocycles. The number of aliphatic hydroxyl groups excluding tert-OH is 1. The molecular formula is C37H48N4O7. The van der Waals surface area contributed by atoms with Gasteiger partial charge in [-0.2, -0.15) is 0 Å². The zero-order valence-electron chi connectivity index (χ0n) is 29.1. The normalized spacial score (nSPS) is 20.9. The van der Waals surface area contributed by atoms with Crippen LogP contribution in [-0.2, 0) is 4.74 Å². The van der Waals surface area contributed by atoms with Gasteiger partial charge in [0.15, 0.2) is 11.5 Å². The van der Waals surface area contributed by atoms with Gasteiger partial charge in [0, 0.05) is 44.4 Å². The highest BCUT2D eigenvalue weighted by Gasteiger charge is 2.42. The maximum atomic E-state index is 12.9. The van der Waals surface area contributed by atoms with E-state index in [9.17, 15) is 14.7 Å². The topological polar surface area (TPSA) is 113 Å². The molecule has 0 aliphatic carbocycles. The number of hydrogen-bond donors (Lipinski definition) is 1. The number of aliphatic imine (C=N–C) groups is 1. The first-order valence-corrected chi connectivity index (χ1v) is 16.6. The van der Waals surface area contributed by atoms with Crippen LogP contribution in [0.25, 0.3) is 0 Å². The number of anilines is 1. The van der Waals surface area contributed by atoms with Gasteiger partial charge in [0.05, 0.1) is 55.4 Å². The maximum absolute atomic E-state index is 12.9. The molecule has 4 heterocycles. The number of methoxy groups -OCH3 is 3. The lowest BCUT2D eigenvalue weighted by Gasteiger charge is -2.36. The first-order chi connectivity index (χ1) is 23.1. The SMILES string of the molecule is COCCCCCOc1cc2c(cc1OC)C(=O)N1C=C(C)CC1C=N2.COc1ccc2c(c1)C(=O)N1C=C(C)CC1C(O)N2C(C)C. The summed E-state index contributed by atoms with van der Waals surface area (Å²) < 4.78 is 21.6. The van der Waals surface area contributed by atoms with Crippen molar-refractivity contribution < 1.29 is 33.6 Å². The molecule has 11 heteroatoms. The van der Waals surface area contributed by atoms with E-state index in [1.165, 1.54) is 5.57 Å². The van der Waals surface area contributed by atoms with E-state index in [4.69, 9.17) is 18.9 Å². The van der Waals surface area contributed by atoms with Crippen molar-refractivity contribution in [1.29, 1.82) is 0 Å². The molecular weight excluding hydrogens is 612 g/mol. The van der Waals surface area contributed by atoms with Crippen molar-refractivity contribution in [2.75, 3.05) is 39.4 Å². The molecule has 0 radical (unpaired) electrons. The van der Waals surface area contributed by atoms with E-state index in [0.29, 0.717) is 47.1 Å². The number of amides is 2. The summed E-state index contributed by atoms with van der Waals surface area (Å²) in [5.74, 6) is 1.68. The molecule has 2 aromatic rings. The van der Waals surface area contributed by atoms with Crippen molar-refractivity contribution in [2.24, 2.45) is 4.99 Å². The Balaban J connectivity index is 0.000000190. The van der Waals surface area contributed by atoms with Crippen LogP contribution in [0.5, 0.6) is 17.2 Å². The Kier molecular flexibility index (Phi) is 11.1. The van der Waals surface area contributed by atoms with Crippen LogP contribution < -0.4 is 19.1 Å². The number of carbonyl (C=O) groups excluding carboxylic acids is 2. The second kappa shape index (κ2) is 15.3. The van der Waals surface area contributed by atoms with Gasteiger partial charge in [0.1, 0.15) is 12.0 Å². The Morgan fingerprint density at radius 3 is 2.27 bits per heavy atom. The van der Waals surface area contributed by atoms with Gasteiger partial charge in [0.25, 0.3) is 11.8 Å². The minimum atomic E-state index is -0.729. The van der Waals surface area contributed by atoms with Gasteiger partial charge in [0.2, 0.25) is 0 Å². The summed E-state index contributed by atoms with van der Waals surface area (Å²) >= 11 is 0. The minimum Gasteiger partial charge on any atom is -0.497 e. The number of hydrogen-bond acceptors (Lipinski definition) is 9. The molecule has 3 unspecified atom stereocenters. The van der Waals surface area contributed by atoms with Crippen molar-refractivity contribution >= 4 is 29.4 Å². The average molecular weight is 661 g/mol. The number of rotatable bonds is 10. The van der Waals surface area contributed by atoms with Gasteiger partial charge in [-0.25, -0.2) is 0 Å². The predicted octanol–water partition coefficient (Wildman–Crippen LogP) is 6.09. The van der Waals surface area contributed by atoms with Crippen molar-refractivity contribution in [2.45, 2.75) is 84.2 Å². The quantitative estimate of drug-likeness (QED) is 0.305. The van der Waals surface area contributed by atoms with E-state index in [1.54, 1.807) is 49.3 Å². The third kappa shape index (κ3) is 7.22. The van der Waals surface area contributed by atoms with Gasteiger partial charge < -0.3 is 38.8 Å². The van der Waals surface area contributed by atoms with Crippen LogP contribution in [0.2, 0.25) is 0 Å². The summed E-state index contributed by atoms with van der Waals surface area (Å²) in [6, 6.07) is 8.80. The fourth-order valence-corrected chi connectivity index (χ4v) is 6.62. The van der Waals surface area contributed by atoms with Crippen LogP contribution in [0.1, 0.15) is 80.5 Å². The first-order valence-electron chi connectivity index (χ1n) is 16.6. The summed E-state index contributed by atoms with van der Waals surface area (Å²) in [6.07, 6.45) is 9.39. The number of unbranched alkanes of at least 4 members (excludes halogenated alkanes) is 2. The highest BCUT2D eigenvalue weighted by molar-refractivity contribution is 6.04. The smallest absolute Gasteiger partial charge is 0.260 e. The lowest BCUT2D eigenvalue weighted by molar-refractivity contribution is 0.0560. The highest BCUT2D eigenvalue weighted by Crippen LogP contribution is 2.40. The van der Waals surface area contributed by atoms with Crippen molar-refractivity contribution in [1.82, 2.24) is 9.80 Å². The standard InChI is InChI=1S/C20H26N2O4.C17H22N2O3/c1-14-9-15-12-21-17-11-19(26-8-6-4-5-7-24-2)18(25-3)10-16(17)20(23)22(15)13-14;1-10(2)19-14-6-5-12(22-4)8-13(14)16(20)18-9-11(3)7-15(18)17(19)21/h10-13,15H,4-9H2,1-3H3;5-6,8-10,15,17,21H,7H2,1-4H3. The second-order valence-electron chi connectivity index (χ2n) is 12.9. The van der Waals surface area contributed by atoms with E-state index < -0.39 is 6.23 Å². The lowest BCUT2D eigenvalue weighted by Crippen LogP contribution is -2.50.